The highest BCUT2D eigenvalue weighted by atomic mass is 35.5. The molecular weight excluding hydrogens is 506 g/mol. The van der Waals surface area contributed by atoms with Gasteiger partial charge in [-0.2, -0.15) is 0 Å². The highest BCUT2D eigenvalue weighted by Gasteiger charge is 2.27. The topological polar surface area (TPSA) is 60.3 Å². The van der Waals surface area contributed by atoms with Crippen LogP contribution in [0.25, 0.3) is 10.9 Å². The lowest BCUT2D eigenvalue weighted by Gasteiger charge is -2.10. The molecule has 0 aliphatic heterocycles. The zero-order valence-electron chi connectivity index (χ0n) is 17.2. The fraction of sp³-hybridized carbons (Fsp3) is 0.0833. The van der Waals surface area contributed by atoms with Gasteiger partial charge in [-0.3, -0.25) is 9.59 Å². The van der Waals surface area contributed by atoms with Crippen molar-refractivity contribution in [2.45, 2.75) is 6.54 Å². The summed E-state index contributed by atoms with van der Waals surface area (Å²) in [6.07, 6.45) is 0. The zero-order valence-corrected chi connectivity index (χ0v) is 20.2. The highest BCUT2D eigenvalue weighted by Crippen LogP contribution is 2.35. The normalized spacial score (nSPS) is 10.9. The second-order valence-corrected chi connectivity index (χ2v) is 8.80. The number of carbonyl (C=O) groups is 2. The average Bonchev–Trinajstić information content (AvgIpc) is 3.06. The number of hydrogen-bond donors (Lipinski definition) is 1. The van der Waals surface area contributed by atoms with Crippen LogP contribution in [-0.2, 0) is 11.3 Å². The van der Waals surface area contributed by atoms with Gasteiger partial charge in [-0.25, -0.2) is 0 Å². The first-order chi connectivity index (χ1) is 15.8. The van der Waals surface area contributed by atoms with E-state index in [9.17, 15) is 9.59 Å². The standard InChI is InChI=1S/C24H16Cl4N2O3/c1-33-17-8-9-20-18(11-17)21(22(31)24(32)29-16-6-4-14(25)5-7-16)23(28)30(20)12-13-2-3-15(26)10-19(13)27/h2-11H,12H2,1H3,(H,29,32). The van der Waals surface area contributed by atoms with E-state index in [0.717, 1.165) is 5.56 Å². The Bertz CT molecular complexity index is 1380. The van der Waals surface area contributed by atoms with Gasteiger partial charge in [0.15, 0.2) is 0 Å². The van der Waals surface area contributed by atoms with Crippen LogP contribution in [0, 0.1) is 0 Å². The molecule has 0 saturated carbocycles. The Morgan fingerprint density at radius 1 is 0.909 bits per heavy atom. The molecule has 0 unspecified atom stereocenters. The largest absolute Gasteiger partial charge is 0.497 e. The van der Waals surface area contributed by atoms with Crippen molar-refractivity contribution in [2.24, 2.45) is 0 Å². The number of benzene rings is 3. The van der Waals surface area contributed by atoms with Crippen molar-refractivity contribution in [2.75, 3.05) is 12.4 Å². The third-order valence-corrected chi connectivity index (χ3v) is 6.32. The Labute approximate surface area is 209 Å². The van der Waals surface area contributed by atoms with Crippen LogP contribution >= 0.6 is 46.4 Å². The van der Waals surface area contributed by atoms with E-state index in [2.05, 4.69) is 5.32 Å². The van der Waals surface area contributed by atoms with Gasteiger partial charge in [0.05, 0.1) is 24.7 Å². The fourth-order valence-corrected chi connectivity index (χ4v) is 4.39. The molecule has 1 heterocycles. The maximum absolute atomic E-state index is 13.2. The molecule has 0 aliphatic carbocycles. The Hall–Kier alpha value is -2.70. The second kappa shape index (κ2) is 9.65. The molecule has 0 saturated heterocycles. The van der Waals surface area contributed by atoms with Crippen LogP contribution in [0.4, 0.5) is 5.69 Å². The first kappa shape index (κ1) is 23.5. The molecule has 0 aliphatic rings. The molecule has 0 fully saturated rings. The zero-order chi connectivity index (χ0) is 23.7. The van der Waals surface area contributed by atoms with Crippen molar-refractivity contribution >= 4 is 74.7 Å². The molecule has 5 nitrogen and oxygen atoms in total. The molecule has 0 spiro atoms. The highest BCUT2D eigenvalue weighted by molar-refractivity contribution is 6.52. The van der Waals surface area contributed by atoms with Gasteiger partial charge in [-0.1, -0.05) is 52.5 Å². The number of halogens is 4. The summed E-state index contributed by atoms with van der Waals surface area (Å²) in [7, 11) is 1.52. The minimum atomic E-state index is -0.828. The van der Waals surface area contributed by atoms with Gasteiger partial charge < -0.3 is 14.6 Å². The molecule has 4 aromatic rings. The molecule has 1 N–H and O–H groups in total. The first-order valence-corrected chi connectivity index (χ1v) is 11.2. The summed E-state index contributed by atoms with van der Waals surface area (Å²) in [6, 6.07) is 16.8. The molecular formula is C24H16Cl4N2O3. The van der Waals surface area contributed by atoms with Crippen LogP contribution in [0.3, 0.4) is 0 Å². The number of nitrogens with zero attached hydrogens (tertiary/aromatic N) is 1. The number of methoxy groups -OCH3 is 1. The van der Waals surface area contributed by atoms with Crippen LogP contribution in [0.15, 0.2) is 60.7 Å². The van der Waals surface area contributed by atoms with Gasteiger partial charge in [-0.15, -0.1) is 0 Å². The number of anilines is 1. The molecule has 33 heavy (non-hydrogen) atoms. The Kier molecular flexibility index (Phi) is 6.86. The van der Waals surface area contributed by atoms with Crippen LogP contribution < -0.4 is 10.1 Å². The van der Waals surface area contributed by atoms with Gasteiger partial charge in [0.2, 0.25) is 0 Å². The van der Waals surface area contributed by atoms with Crippen molar-refractivity contribution in [1.29, 1.82) is 0 Å². The van der Waals surface area contributed by atoms with Gasteiger partial charge in [-0.05, 0) is 60.2 Å². The number of aromatic nitrogens is 1. The van der Waals surface area contributed by atoms with Crippen molar-refractivity contribution < 1.29 is 14.3 Å². The van der Waals surface area contributed by atoms with E-state index >= 15 is 0 Å². The van der Waals surface area contributed by atoms with Crippen LogP contribution in [0.2, 0.25) is 20.2 Å². The third-order valence-electron chi connectivity index (χ3n) is 5.09. The van der Waals surface area contributed by atoms with Crippen molar-refractivity contribution in [1.82, 2.24) is 4.57 Å². The third kappa shape index (κ3) is 4.82. The van der Waals surface area contributed by atoms with E-state index in [-0.39, 0.29) is 17.3 Å². The first-order valence-electron chi connectivity index (χ1n) is 9.69. The minimum absolute atomic E-state index is 0.0714. The molecule has 0 radical (unpaired) electrons. The Morgan fingerprint density at radius 3 is 2.27 bits per heavy atom. The summed E-state index contributed by atoms with van der Waals surface area (Å²) in [5, 5.41) is 4.66. The second-order valence-electron chi connectivity index (χ2n) is 7.16. The number of hydrogen-bond acceptors (Lipinski definition) is 3. The van der Waals surface area contributed by atoms with Crippen LogP contribution in [-0.4, -0.2) is 23.4 Å². The lowest BCUT2D eigenvalue weighted by atomic mass is 10.1. The summed E-state index contributed by atoms with van der Waals surface area (Å²) in [5.41, 5.74) is 1.90. The molecule has 4 rings (SSSR count). The number of nitrogens with one attached hydrogen (secondary N) is 1. The Morgan fingerprint density at radius 2 is 1.61 bits per heavy atom. The summed E-state index contributed by atoms with van der Waals surface area (Å²) in [6.45, 7) is 0.268. The summed E-state index contributed by atoms with van der Waals surface area (Å²) >= 11 is 24.9. The number of Topliss-reactive ketones (excluding diaryl/α,β-unsaturated/α-hetero) is 1. The van der Waals surface area contributed by atoms with Crippen molar-refractivity contribution in [3.8, 4) is 5.75 Å². The number of ketones is 1. The van der Waals surface area contributed by atoms with Crippen molar-refractivity contribution in [3.63, 3.8) is 0 Å². The van der Waals surface area contributed by atoms with Gasteiger partial charge in [0, 0.05) is 26.1 Å². The number of ether oxygens (including phenoxy) is 1. The molecule has 1 amide bonds. The molecule has 0 bridgehead atoms. The summed E-state index contributed by atoms with van der Waals surface area (Å²) in [4.78, 5) is 26.0. The molecule has 0 atom stereocenters. The predicted octanol–water partition coefficient (Wildman–Crippen LogP) is 7.13. The van der Waals surface area contributed by atoms with Crippen LogP contribution in [0.1, 0.15) is 15.9 Å². The average molecular weight is 522 g/mol. The minimum Gasteiger partial charge on any atom is -0.497 e. The quantitative estimate of drug-likeness (QED) is 0.217. The van der Waals surface area contributed by atoms with Gasteiger partial charge in [0.25, 0.3) is 11.7 Å². The van der Waals surface area contributed by atoms with E-state index in [1.165, 1.54) is 7.11 Å². The van der Waals surface area contributed by atoms with E-state index in [4.69, 9.17) is 51.1 Å². The number of amides is 1. The maximum atomic E-state index is 13.2. The molecule has 1 aromatic heterocycles. The lowest BCUT2D eigenvalue weighted by molar-refractivity contribution is -0.112. The predicted molar refractivity (Wildman–Crippen MR) is 133 cm³/mol. The van der Waals surface area contributed by atoms with Crippen molar-refractivity contribution in [3.05, 3.63) is 92.0 Å². The van der Waals surface area contributed by atoms with E-state index in [1.54, 1.807) is 65.2 Å². The maximum Gasteiger partial charge on any atom is 0.296 e. The van der Waals surface area contributed by atoms with Crippen LogP contribution in [0.5, 0.6) is 5.75 Å². The summed E-state index contributed by atoms with van der Waals surface area (Å²) < 4.78 is 7.03. The fourth-order valence-electron chi connectivity index (χ4n) is 3.46. The van der Waals surface area contributed by atoms with E-state index in [0.29, 0.717) is 37.4 Å². The number of fused-ring (bicyclic) bond motifs is 1. The molecule has 3 aromatic carbocycles. The smallest absolute Gasteiger partial charge is 0.296 e. The molecule has 9 heteroatoms. The number of rotatable bonds is 6. The monoisotopic (exact) mass is 520 g/mol. The van der Waals surface area contributed by atoms with E-state index < -0.39 is 11.7 Å². The summed E-state index contributed by atoms with van der Waals surface area (Å²) in [5.74, 6) is -1.09. The lowest BCUT2D eigenvalue weighted by Crippen LogP contribution is -2.23. The van der Waals surface area contributed by atoms with E-state index in [1.807, 2.05) is 0 Å². The molecule has 168 valence electrons. The SMILES string of the molecule is COc1ccc2c(c1)c(C(=O)C(=O)Nc1ccc(Cl)cc1)c(Cl)n2Cc1ccc(Cl)cc1Cl. The number of carbonyl (C=O) groups excluding carboxylic acids is 2. The van der Waals surface area contributed by atoms with Gasteiger partial charge in [0.1, 0.15) is 10.9 Å². The van der Waals surface area contributed by atoms with Gasteiger partial charge >= 0.3 is 0 Å². The Balaban J connectivity index is 1.78.